The minimum Gasteiger partial charge on any atom is -0.497 e. The van der Waals surface area contributed by atoms with Crippen molar-refractivity contribution in [2.75, 3.05) is 7.11 Å². The summed E-state index contributed by atoms with van der Waals surface area (Å²) in [5, 5.41) is 9.29. The first kappa shape index (κ1) is 26.0. The van der Waals surface area contributed by atoms with E-state index in [1.54, 1.807) is 36.0 Å². The van der Waals surface area contributed by atoms with Crippen molar-refractivity contribution in [1.82, 2.24) is 4.57 Å². The van der Waals surface area contributed by atoms with Gasteiger partial charge >= 0.3 is 5.97 Å². The van der Waals surface area contributed by atoms with Gasteiger partial charge in [0.05, 0.1) is 28.9 Å². The maximum Gasteiger partial charge on any atom is 0.335 e. The molecule has 8 heteroatoms. The van der Waals surface area contributed by atoms with Gasteiger partial charge in [-0.2, -0.15) is 0 Å². The molecule has 0 saturated carbocycles. The van der Waals surface area contributed by atoms with Gasteiger partial charge in [-0.1, -0.05) is 53.8 Å². The number of carbonyl (C=O) groups is 1. The Morgan fingerprint density at radius 3 is 2.71 bits per heavy atom. The first-order valence-electron chi connectivity index (χ1n) is 13.6. The van der Waals surface area contributed by atoms with E-state index in [1.807, 2.05) is 49.4 Å². The van der Waals surface area contributed by atoms with Crippen LogP contribution in [0.3, 0.4) is 0 Å². The van der Waals surface area contributed by atoms with Crippen LogP contribution >= 0.6 is 11.3 Å². The van der Waals surface area contributed by atoms with Crippen molar-refractivity contribution in [1.29, 1.82) is 0 Å². The van der Waals surface area contributed by atoms with E-state index >= 15 is 0 Å². The maximum atomic E-state index is 14.0. The fourth-order valence-corrected chi connectivity index (χ4v) is 6.89. The van der Waals surface area contributed by atoms with Gasteiger partial charge in [-0.25, -0.2) is 9.79 Å². The normalized spacial score (nSPS) is 16.0. The zero-order chi connectivity index (χ0) is 29.0. The summed E-state index contributed by atoms with van der Waals surface area (Å²) in [5.74, 6) is 0.895. The molecule has 5 aromatic rings. The fourth-order valence-electron chi connectivity index (χ4n) is 5.91. The molecule has 2 aliphatic rings. The van der Waals surface area contributed by atoms with Crippen molar-refractivity contribution in [3.05, 3.63) is 138 Å². The third kappa shape index (κ3) is 4.31. The van der Waals surface area contributed by atoms with E-state index in [9.17, 15) is 14.7 Å². The van der Waals surface area contributed by atoms with Gasteiger partial charge in [0.2, 0.25) is 0 Å². The van der Waals surface area contributed by atoms with Gasteiger partial charge < -0.3 is 14.3 Å². The second-order valence-electron chi connectivity index (χ2n) is 10.4. The van der Waals surface area contributed by atoms with Crippen LogP contribution in [0.25, 0.3) is 23.1 Å². The summed E-state index contributed by atoms with van der Waals surface area (Å²) in [5.41, 5.74) is 7.10. The highest BCUT2D eigenvalue weighted by Gasteiger charge is 2.32. The van der Waals surface area contributed by atoms with Crippen molar-refractivity contribution in [3.63, 3.8) is 0 Å². The number of aromatic carboxylic acids is 1. The Kier molecular flexibility index (Phi) is 6.28. The number of furan rings is 1. The molecule has 1 aliphatic carbocycles. The second-order valence-corrected chi connectivity index (χ2v) is 11.4. The summed E-state index contributed by atoms with van der Waals surface area (Å²) < 4.78 is 14.0. The average molecular weight is 575 g/mol. The number of methoxy groups -OCH3 is 1. The summed E-state index contributed by atoms with van der Waals surface area (Å²) >= 11 is 1.35. The van der Waals surface area contributed by atoms with Crippen LogP contribution in [0.15, 0.2) is 98.6 Å². The van der Waals surface area contributed by atoms with Crippen molar-refractivity contribution < 1.29 is 19.1 Å². The largest absolute Gasteiger partial charge is 0.497 e. The molecule has 0 fully saturated rings. The molecule has 0 radical (unpaired) electrons. The van der Waals surface area contributed by atoms with Gasteiger partial charge in [0.15, 0.2) is 4.80 Å². The standard InChI is InChI=1S/C34H26N2O5S/c1-19-16-22(33(38)39)11-13-25(19)28-15-12-24(41-28)18-29-32(37)36-31(21-7-5-8-23(17-21)40-2)27-14-10-20-6-3-4-9-26(20)30(27)35-34(36)42-29/h3-9,11-13,15-18,31H,10,14H2,1-2H3,(H,38,39)/t31-/m1/s1. The van der Waals surface area contributed by atoms with E-state index in [0.717, 1.165) is 52.1 Å². The third-order valence-corrected chi connectivity index (χ3v) is 8.90. The Morgan fingerprint density at radius 1 is 1.05 bits per heavy atom. The van der Waals surface area contributed by atoms with Crippen LogP contribution < -0.4 is 19.6 Å². The van der Waals surface area contributed by atoms with E-state index in [0.29, 0.717) is 20.9 Å². The molecule has 2 aromatic heterocycles. The van der Waals surface area contributed by atoms with Gasteiger partial charge in [0.1, 0.15) is 17.3 Å². The summed E-state index contributed by atoms with van der Waals surface area (Å²) in [6.07, 6.45) is 3.45. The molecule has 1 atom stereocenters. The number of carboxylic acid groups (broad SMARTS) is 1. The molecule has 0 bridgehead atoms. The second kappa shape index (κ2) is 10.2. The zero-order valence-corrected chi connectivity index (χ0v) is 23.8. The van der Waals surface area contributed by atoms with Gasteiger partial charge in [0, 0.05) is 17.2 Å². The van der Waals surface area contributed by atoms with Gasteiger partial charge in [-0.15, -0.1) is 0 Å². The molecule has 1 aliphatic heterocycles. The molecule has 208 valence electrons. The number of aromatic nitrogens is 1. The highest BCUT2D eigenvalue weighted by atomic mass is 32.1. The van der Waals surface area contributed by atoms with Gasteiger partial charge in [0.25, 0.3) is 5.56 Å². The summed E-state index contributed by atoms with van der Waals surface area (Å²) in [7, 11) is 1.64. The minimum absolute atomic E-state index is 0.128. The number of hydrogen-bond donors (Lipinski definition) is 1. The molecule has 0 saturated heterocycles. The fraction of sp³-hybridized carbons (Fsp3) is 0.147. The van der Waals surface area contributed by atoms with E-state index in [1.165, 1.54) is 16.9 Å². The van der Waals surface area contributed by atoms with Crippen molar-refractivity contribution in [2.45, 2.75) is 25.8 Å². The average Bonchev–Trinajstić information content (AvgIpc) is 3.59. The summed E-state index contributed by atoms with van der Waals surface area (Å²) in [6.45, 7) is 1.85. The van der Waals surface area contributed by atoms with Crippen LogP contribution in [0.4, 0.5) is 0 Å². The SMILES string of the molecule is COc1cccc([C@@H]2C3=C(N=c4sc(=Cc5ccc(-c6ccc(C(=O)O)cc6C)o5)c(=O)n42)c2ccccc2CC3)c1. The van der Waals surface area contributed by atoms with Crippen molar-refractivity contribution >= 4 is 29.1 Å². The number of aryl methyl sites for hydroxylation is 2. The van der Waals surface area contributed by atoms with Gasteiger partial charge in [-0.05, 0) is 78.4 Å². The van der Waals surface area contributed by atoms with Crippen LogP contribution in [0.1, 0.15) is 50.8 Å². The molecule has 0 spiro atoms. The van der Waals surface area contributed by atoms with Crippen LogP contribution in [0.5, 0.6) is 5.75 Å². The predicted molar refractivity (Wildman–Crippen MR) is 162 cm³/mol. The number of nitrogens with zero attached hydrogens (tertiary/aromatic N) is 2. The van der Waals surface area contributed by atoms with E-state index < -0.39 is 5.97 Å². The number of hydrogen-bond acceptors (Lipinski definition) is 6. The highest BCUT2D eigenvalue weighted by Crippen LogP contribution is 2.41. The van der Waals surface area contributed by atoms with Crippen molar-refractivity contribution in [2.24, 2.45) is 4.99 Å². The molecule has 3 heterocycles. The lowest BCUT2D eigenvalue weighted by Crippen LogP contribution is -2.38. The quantitative estimate of drug-likeness (QED) is 0.295. The van der Waals surface area contributed by atoms with E-state index in [-0.39, 0.29) is 17.2 Å². The predicted octanol–water partition coefficient (Wildman–Crippen LogP) is 5.59. The highest BCUT2D eigenvalue weighted by molar-refractivity contribution is 7.07. The van der Waals surface area contributed by atoms with Gasteiger partial charge in [-0.3, -0.25) is 9.36 Å². The number of fused-ring (bicyclic) bond motifs is 3. The van der Waals surface area contributed by atoms with Crippen LogP contribution in [-0.4, -0.2) is 22.8 Å². The summed E-state index contributed by atoms with van der Waals surface area (Å²) in [6, 6.07) is 24.5. The van der Waals surface area contributed by atoms with E-state index in [2.05, 4.69) is 18.2 Å². The molecular formula is C34H26N2O5S. The molecule has 0 unspecified atom stereocenters. The number of ether oxygens (including phenoxy) is 1. The lowest BCUT2D eigenvalue weighted by atomic mass is 9.83. The molecule has 42 heavy (non-hydrogen) atoms. The smallest absolute Gasteiger partial charge is 0.335 e. The summed E-state index contributed by atoms with van der Waals surface area (Å²) in [4.78, 5) is 31.1. The number of allylic oxidation sites excluding steroid dienone is 1. The monoisotopic (exact) mass is 574 g/mol. The Morgan fingerprint density at radius 2 is 1.90 bits per heavy atom. The Bertz CT molecular complexity index is 2110. The minimum atomic E-state index is -0.974. The van der Waals surface area contributed by atoms with Crippen LogP contribution in [0.2, 0.25) is 0 Å². The molecule has 3 aromatic carbocycles. The molecule has 0 amide bonds. The Hall–Kier alpha value is -4.95. The van der Waals surface area contributed by atoms with Crippen LogP contribution in [0, 0.1) is 6.92 Å². The first-order chi connectivity index (χ1) is 20.4. The Labute approximate surface area is 245 Å². The maximum absolute atomic E-state index is 14.0. The molecular weight excluding hydrogens is 548 g/mol. The zero-order valence-electron chi connectivity index (χ0n) is 23.0. The lowest BCUT2D eigenvalue weighted by Gasteiger charge is -2.31. The third-order valence-electron chi connectivity index (χ3n) is 7.92. The first-order valence-corrected chi connectivity index (χ1v) is 14.4. The Balaban J connectivity index is 1.37. The number of thiazole rings is 1. The molecule has 7 nitrogen and oxygen atoms in total. The van der Waals surface area contributed by atoms with Crippen LogP contribution in [-0.2, 0) is 6.42 Å². The lowest BCUT2D eigenvalue weighted by molar-refractivity contribution is 0.0696. The van der Waals surface area contributed by atoms with E-state index in [4.69, 9.17) is 14.1 Å². The number of carboxylic acids is 1. The number of rotatable bonds is 5. The number of benzene rings is 3. The molecule has 7 rings (SSSR count). The van der Waals surface area contributed by atoms with Crippen molar-refractivity contribution in [3.8, 4) is 17.1 Å². The topological polar surface area (TPSA) is 94.0 Å². The molecule has 1 N–H and O–H groups in total.